The number of hydrogen-bond acceptors (Lipinski definition) is 3. The summed E-state index contributed by atoms with van der Waals surface area (Å²) >= 11 is 0. The van der Waals surface area contributed by atoms with Gasteiger partial charge in [-0.15, -0.1) is 0 Å². The zero-order valence-electron chi connectivity index (χ0n) is 16.3. The second-order valence-corrected chi connectivity index (χ2v) is 7.94. The maximum Gasteiger partial charge on any atom is 0.229 e. The fraction of sp³-hybridized carbons (Fsp3) is 0.435. The van der Waals surface area contributed by atoms with Gasteiger partial charge in [0.05, 0.1) is 7.11 Å². The molecule has 0 N–H and O–H groups in total. The van der Waals surface area contributed by atoms with Crippen LogP contribution in [0.1, 0.15) is 32.3 Å². The van der Waals surface area contributed by atoms with Gasteiger partial charge in [-0.3, -0.25) is 4.79 Å². The van der Waals surface area contributed by atoms with Crippen molar-refractivity contribution in [1.29, 1.82) is 0 Å². The van der Waals surface area contributed by atoms with E-state index in [-0.39, 0.29) is 17.2 Å². The van der Waals surface area contributed by atoms with E-state index in [1.807, 2.05) is 30.9 Å². The molecule has 0 atom stereocenters. The van der Waals surface area contributed by atoms with Gasteiger partial charge in [-0.25, -0.2) is 0 Å². The highest BCUT2D eigenvalue weighted by Crippen LogP contribution is 2.48. The Kier molecular flexibility index (Phi) is 4.68. The molecular weight excluding hydrogens is 338 g/mol. The number of benzene rings is 2. The highest BCUT2D eigenvalue weighted by molar-refractivity contribution is 5.98. The van der Waals surface area contributed by atoms with E-state index in [0.29, 0.717) is 0 Å². The fourth-order valence-electron chi connectivity index (χ4n) is 4.35. The second-order valence-electron chi connectivity index (χ2n) is 7.94. The average Bonchev–Trinajstić information content (AvgIpc) is 3.01. The smallest absolute Gasteiger partial charge is 0.229 e. The molecule has 2 aromatic carbocycles. The van der Waals surface area contributed by atoms with Gasteiger partial charge in [0.15, 0.2) is 0 Å². The summed E-state index contributed by atoms with van der Waals surface area (Å²) in [6.07, 6.45) is 1.92. The minimum atomic E-state index is -0.00842. The number of anilines is 1. The molecule has 2 heterocycles. The van der Waals surface area contributed by atoms with Crippen molar-refractivity contribution >= 4 is 11.6 Å². The summed E-state index contributed by atoms with van der Waals surface area (Å²) in [6, 6.07) is 14.7. The minimum absolute atomic E-state index is 0.00695. The molecule has 1 amide bonds. The number of carbonyl (C=O) groups is 1. The van der Waals surface area contributed by atoms with E-state index >= 15 is 0 Å². The molecular formula is C23H27NO3. The molecule has 27 heavy (non-hydrogen) atoms. The maximum atomic E-state index is 12.9. The molecule has 2 aromatic rings. The molecule has 1 spiro atoms. The fourth-order valence-corrected chi connectivity index (χ4v) is 4.35. The molecule has 0 unspecified atom stereocenters. The number of ether oxygens (including phenoxy) is 2. The van der Waals surface area contributed by atoms with E-state index in [1.165, 1.54) is 5.56 Å². The van der Waals surface area contributed by atoms with Crippen LogP contribution in [-0.2, 0) is 14.9 Å². The van der Waals surface area contributed by atoms with Crippen LogP contribution < -0.4 is 9.64 Å². The van der Waals surface area contributed by atoms with Crippen molar-refractivity contribution in [2.24, 2.45) is 5.92 Å². The van der Waals surface area contributed by atoms with Gasteiger partial charge in [0.2, 0.25) is 5.91 Å². The van der Waals surface area contributed by atoms with Gasteiger partial charge in [-0.05, 0) is 53.8 Å². The summed E-state index contributed by atoms with van der Waals surface area (Å²) in [5.41, 5.74) is 4.67. The summed E-state index contributed by atoms with van der Waals surface area (Å²) in [4.78, 5) is 14.9. The Morgan fingerprint density at radius 1 is 1.11 bits per heavy atom. The molecule has 1 saturated heterocycles. The molecule has 0 bridgehead atoms. The highest BCUT2D eigenvalue weighted by atomic mass is 16.5. The number of hydrogen-bond donors (Lipinski definition) is 0. The molecule has 2 aliphatic rings. The van der Waals surface area contributed by atoms with Gasteiger partial charge in [-0.1, -0.05) is 32.0 Å². The summed E-state index contributed by atoms with van der Waals surface area (Å²) in [6.45, 7) is 6.23. The van der Waals surface area contributed by atoms with Crippen LogP contribution in [0.15, 0.2) is 42.5 Å². The molecule has 4 nitrogen and oxygen atoms in total. The maximum absolute atomic E-state index is 12.9. The van der Waals surface area contributed by atoms with E-state index < -0.39 is 0 Å². The van der Waals surface area contributed by atoms with Crippen LogP contribution in [0, 0.1) is 5.92 Å². The van der Waals surface area contributed by atoms with Crippen LogP contribution in [0.3, 0.4) is 0 Å². The Hall–Kier alpha value is -2.33. The van der Waals surface area contributed by atoms with Gasteiger partial charge in [0.25, 0.3) is 0 Å². The number of carbonyl (C=O) groups excluding carboxylic acids is 1. The molecule has 4 rings (SSSR count). The van der Waals surface area contributed by atoms with Gasteiger partial charge < -0.3 is 14.4 Å². The number of rotatable bonds is 3. The minimum Gasteiger partial charge on any atom is -0.497 e. The quantitative estimate of drug-likeness (QED) is 0.809. The van der Waals surface area contributed by atoms with Gasteiger partial charge >= 0.3 is 0 Å². The van der Waals surface area contributed by atoms with E-state index in [2.05, 4.69) is 30.3 Å². The van der Waals surface area contributed by atoms with Crippen LogP contribution in [0.4, 0.5) is 5.69 Å². The lowest BCUT2D eigenvalue weighted by molar-refractivity contribution is -0.121. The molecule has 0 aliphatic carbocycles. The Bertz CT molecular complexity index is 852. The zero-order chi connectivity index (χ0) is 19.0. The highest BCUT2D eigenvalue weighted by Gasteiger charge is 2.45. The normalized spacial score (nSPS) is 18.0. The third kappa shape index (κ3) is 3.12. The standard InChI is InChI=1S/C23H27NO3/c1-16(2)22(25)24-15-23(9-11-27-12-10-23)20-14-18(7-8-21(20)24)17-5-4-6-19(13-17)26-3/h4-8,13-14,16H,9-12,15H2,1-3H3. The lowest BCUT2D eigenvalue weighted by Gasteiger charge is -2.34. The molecule has 142 valence electrons. The zero-order valence-corrected chi connectivity index (χ0v) is 16.3. The van der Waals surface area contributed by atoms with Crippen molar-refractivity contribution in [2.75, 3.05) is 31.8 Å². The first-order chi connectivity index (χ1) is 13.0. The number of methoxy groups -OCH3 is 1. The molecule has 1 fully saturated rings. The van der Waals surface area contributed by atoms with E-state index in [9.17, 15) is 4.79 Å². The van der Waals surface area contributed by atoms with Crippen LogP contribution in [0.25, 0.3) is 11.1 Å². The van der Waals surface area contributed by atoms with Gasteiger partial charge in [0.1, 0.15) is 5.75 Å². The van der Waals surface area contributed by atoms with Crippen LogP contribution >= 0.6 is 0 Å². The Labute approximate surface area is 161 Å². The number of fused-ring (bicyclic) bond motifs is 2. The molecule has 4 heteroatoms. The summed E-state index contributed by atoms with van der Waals surface area (Å²) in [5.74, 6) is 1.05. The van der Waals surface area contributed by atoms with E-state index in [0.717, 1.165) is 55.2 Å². The number of nitrogens with zero attached hydrogens (tertiary/aromatic N) is 1. The SMILES string of the molecule is COc1cccc(-c2ccc3c(c2)C2(CCOCC2)CN3C(=O)C(C)C)c1. The van der Waals surface area contributed by atoms with Crippen molar-refractivity contribution in [3.63, 3.8) is 0 Å². The van der Waals surface area contributed by atoms with Crippen molar-refractivity contribution in [2.45, 2.75) is 32.1 Å². The Morgan fingerprint density at radius 3 is 2.56 bits per heavy atom. The summed E-state index contributed by atoms with van der Waals surface area (Å²) in [5, 5.41) is 0. The first-order valence-electron chi connectivity index (χ1n) is 9.72. The van der Waals surface area contributed by atoms with Gasteiger partial charge in [-0.2, -0.15) is 0 Å². The summed E-state index contributed by atoms with van der Waals surface area (Å²) < 4.78 is 11.0. The molecule has 0 aromatic heterocycles. The first-order valence-corrected chi connectivity index (χ1v) is 9.72. The van der Waals surface area contributed by atoms with Crippen LogP contribution in [0.5, 0.6) is 5.75 Å². The summed E-state index contributed by atoms with van der Waals surface area (Å²) in [7, 11) is 1.69. The largest absolute Gasteiger partial charge is 0.497 e. The third-order valence-electron chi connectivity index (χ3n) is 5.93. The average molecular weight is 365 g/mol. The van der Waals surface area contributed by atoms with Crippen molar-refractivity contribution in [3.8, 4) is 16.9 Å². The Morgan fingerprint density at radius 2 is 1.85 bits per heavy atom. The van der Waals surface area contributed by atoms with Gasteiger partial charge in [0, 0.05) is 36.8 Å². The van der Waals surface area contributed by atoms with Crippen molar-refractivity contribution in [1.82, 2.24) is 0 Å². The third-order valence-corrected chi connectivity index (χ3v) is 5.93. The number of amides is 1. The van der Waals surface area contributed by atoms with Crippen molar-refractivity contribution < 1.29 is 14.3 Å². The molecule has 0 radical (unpaired) electrons. The van der Waals surface area contributed by atoms with Crippen molar-refractivity contribution in [3.05, 3.63) is 48.0 Å². The first kappa shape index (κ1) is 18.1. The van der Waals surface area contributed by atoms with Crippen LogP contribution in [-0.4, -0.2) is 32.8 Å². The predicted molar refractivity (Wildman–Crippen MR) is 107 cm³/mol. The monoisotopic (exact) mass is 365 g/mol. The van der Waals surface area contributed by atoms with E-state index in [4.69, 9.17) is 9.47 Å². The lowest BCUT2D eigenvalue weighted by Crippen LogP contribution is -2.41. The topological polar surface area (TPSA) is 38.8 Å². The second kappa shape index (κ2) is 7.01. The predicted octanol–water partition coefficient (Wildman–Crippen LogP) is 4.41. The lowest BCUT2D eigenvalue weighted by atomic mass is 9.75. The molecule has 2 aliphatic heterocycles. The van der Waals surface area contributed by atoms with E-state index in [1.54, 1.807) is 7.11 Å². The molecule has 0 saturated carbocycles. The Balaban J connectivity index is 1.80. The van der Waals surface area contributed by atoms with Crippen LogP contribution in [0.2, 0.25) is 0 Å².